The van der Waals surface area contributed by atoms with E-state index in [1.165, 1.54) is 13.2 Å². The van der Waals surface area contributed by atoms with Crippen molar-refractivity contribution < 1.29 is 19.1 Å². The number of nitrogens with two attached hydrogens (primary N) is 2. The zero-order valence-electron chi connectivity index (χ0n) is 15.5. The van der Waals surface area contributed by atoms with E-state index in [9.17, 15) is 14.4 Å². The van der Waals surface area contributed by atoms with Crippen molar-refractivity contribution in [3.63, 3.8) is 0 Å². The molecule has 0 atom stereocenters. The van der Waals surface area contributed by atoms with Crippen LogP contribution in [-0.4, -0.2) is 24.6 Å². The van der Waals surface area contributed by atoms with Crippen molar-refractivity contribution in [2.45, 2.75) is 0 Å². The molecule has 1 amide bonds. The third-order valence-electron chi connectivity index (χ3n) is 4.88. The first-order valence-corrected chi connectivity index (χ1v) is 8.78. The lowest BCUT2D eigenvalue weighted by Gasteiger charge is -2.24. The van der Waals surface area contributed by atoms with Crippen LogP contribution in [0.2, 0.25) is 0 Å². The minimum Gasteiger partial charge on any atom is -0.494 e. The van der Waals surface area contributed by atoms with E-state index in [4.69, 9.17) is 16.2 Å². The molecule has 4 rings (SSSR count). The summed E-state index contributed by atoms with van der Waals surface area (Å²) in [6.07, 6.45) is 0. The lowest BCUT2D eigenvalue weighted by molar-refractivity contribution is 0.0980. The highest BCUT2D eigenvalue weighted by Crippen LogP contribution is 2.41. The van der Waals surface area contributed by atoms with Crippen molar-refractivity contribution in [3.05, 3.63) is 82.4 Å². The largest absolute Gasteiger partial charge is 0.494 e. The molecule has 3 aromatic carbocycles. The number of para-hydroxylation sites is 1. The summed E-state index contributed by atoms with van der Waals surface area (Å²) in [5, 5.41) is 3.06. The molecule has 0 heterocycles. The number of nitrogens with one attached hydrogen (secondary N) is 1. The van der Waals surface area contributed by atoms with E-state index in [1.807, 2.05) is 0 Å². The van der Waals surface area contributed by atoms with Crippen LogP contribution in [0.5, 0.6) is 5.75 Å². The van der Waals surface area contributed by atoms with Gasteiger partial charge in [0.1, 0.15) is 5.75 Å². The van der Waals surface area contributed by atoms with E-state index in [0.29, 0.717) is 16.9 Å². The Balaban J connectivity index is 1.97. The Morgan fingerprint density at radius 3 is 2.10 bits per heavy atom. The summed E-state index contributed by atoms with van der Waals surface area (Å²) in [4.78, 5) is 38.2. The molecule has 29 heavy (non-hydrogen) atoms. The number of hydrogen-bond donors (Lipinski definition) is 3. The fraction of sp³-hybridized carbons (Fsp3) is 0.0455. The van der Waals surface area contributed by atoms with Crippen molar-refractivity contribution in [2.75, 3.05) is 18.2 Å². The van der Waals surface area contributed by atoms with Gasteiger partial charge in [-0.3, -0.25) is 14.4 Å². The van der Waals surface area contributed by atoms with Crippen molar-refractivity contribution in [1.82, 2.24) is 0 Å². The Morgan fingerprint density at radius 2 is 1.48 bits per heavy atom. The minimum absolute atomic E-state index is 0.0760. The predicted octanol–water partition coefficient (Wildman–Crippen LogP) is 2.90. The number of ether oxygens (including phenoxy) is 1. The molecule has 5 N–H and O–H groups in total. The molecule has 0 saturated heterocycles. The summed E-state index contributed by atoms with van der Waals surface area (Å²) >= 11 is 0. The number of rotatable bonds is 4. The number of benzene rings is 3. The monoisotopic (exact) mass is 387 g/mol. The highest BCUT2D eigenvalue weighted by molar-refractivity contribution is 6.32. The highest BCUT2D eigenvalue weighted by atomic mass is 16.5. The molecule has 0 spiro atoms. The Labute approximate surface area is 166 Å². The summed E-state index contributed by atoms with van der Waals surface area (Å²) in [7, 11) is 1.42. The van der Waals surface area contributed by atoms with Crippen molar-refractivity contribution in [2.24, 2.45) is 5.73 Å². The molecule has 0 saturated carbocycles. The summed E-state index contributed by atoms with van der Waals surface area (Å²) in [6, 6.07) is 14.7. The number of primary amides is 1. The van der Waals surface area contributed by atoms with Crippen LogP contribution in [-0.2, 0) is 0 Å². The molecular formula is C22H17N3O4. The van der Waals surface area contributed by atoms with Crippen molar-refractivity contribution in [1.29, 1.82) is 0 Å². The summed E-state index contributed by atoms with van der Waals surface area (Å²) in [5.41, 5.74) is 13.4. The standard InChI is InChI=1S/C22H17N3O4/c1-29-16-10-15(25-14-9-5-4-8-13(14)22(24)28)17-18(19(16)23)21(27)12-7-3-2-6-11(12)20(17)26/h2-10,25H,23H2,1H3,(H2,24,28). The van der Waals surface area contributed by atoms with Crippen LogP contribution in [0.3, 0.4) is 0 Å². The minimum atomic E-state index is -0.628. The molecule has 0 bridgehead atoms. The topological polar surface area (TPSA) is 125 Å². The maximum atomic E-state index is 13.3. The molecule has 144 valence electrons. The maximum Gasteiger partial charge on any atom is 0.250 e. The maximum absolute atomic E-state index is 13.3. The van der Waals surface area contributed by atoms with Gasteiger partial charge in [-0.2, -0.15) is 0 Å². The second-order valence-corrected chi connectivity index (χ2v) is 6.53. The van der Waals surface area contributed by atoms with Gasteiger partial charge in [-0.25, -0.2) is 0 Å². The molecule has 0 aliphatic heterocycles. The molecule has 1 aliphatic rings. The van der Waals surface area contributed by atoms with E-state index in [1.54, 1.807) is 48.5 Å². The van der Waals surface area contributed by atoms with Gasteiger partial charge in [-0.15, -0.1) is 0 Å². The van der Waals surface area contributed by atoms with Gasteiger partial charge >= 0.3 is 0 Å². The van der Waals surface area contributed by atoms with Gasteiger partial charge in [0.15, 0.2) is 11.6 Å². The van der Waals surface area contributed by atoms with Gasteiger partial charge in [0.05, 0.1) is 40.9 Å². The molecule has 0 radical (unpaired) electrons. The first-order valence-electron chi connectivity index (χ1n) is 8.78. The van der Waals surface area contributed by atoms with Crippen LogP contribution in [0.15, 0.2) is 54.6 Å². The lowest BCUT2D eigenvalue weighted by Crippen LogP contribution is -2.24. The number of fused-ring (bicyclic) bond motifs is 2. The van der Waals surface area contributed by atoms with Crippen LogP contribution in [0, 0.1) is 0 Å². The van der Waals surface area contributed by atoms with Crippen LogP contribution < -0.4 is 21.5 Å². The van der Waals surface area contributed by atoms with Crippen molar-refractivity contribution in [3.8, 4) is 5.75 Å². The van der Waals surface area contributed by atoms with Gasteiger partial charge in [-0.1, -0.05) is 36.4 Å². The van der Waals surface area contributed by atoms with Gasteiger partial charge in [-0.05, 0) is 12.1 Å². The van der Waals surface area contributed by atoms with E-state index < -0.39 is 5.91 Å². The first kappa shape index (κ1) is 18.2. The van der Waals surface area contributed by atoms with E-state index in [-0.39, 0.29) is 45.3 Å². The summed E-state index contributed by atoms with van der Waals surface area (Å²) < 4.78 is 5.32. The quantitative estimate of drug-likeness (QED) is 0.463. The fourth-order valence-corrected chi connectivity index (χ4v) is 3.51. The second-order valence-electron chi connectivity index (χ2n) is 6.53. The van der Waals surface area contributed by atoms with Crippen LogP contribution in [0.25, 0.3) is 0 Å². The summed E-state index contributed by atoms with van der Waals surface area (Å²) in [5.74, 6) is -1.10. The number of anilines is 3. The Hall–Kier alpha value is -4.13. The van der Waals surface area contributed by atoms with Gasteiger partial charge in [0, 0.05) is 17.2 Å². The zero-order valence-corrected chi connectivity index (χ0v) is 15.5. The summed E-state index contributed by atoms with van der Waals surface area (Å²) in [6.45, 7) is 0. The molecule has 3 aromatic rings. The lowest BCUT2D eigenvalue weighted by atomic mass is 9.82. The molecule has 0 aromatic heterocycles. The first-order chi connectivity index (χ1) is 13.9. The number of nitrogen functional groups attached to an aromatic ring is 1. The normalized spacial score (nSPS) is 12.2. The Morgan fingerprint density at radius 1 is 0.897 bits per heavy atom. The highest BCUT2D eigenvalue weighted by Gasteiger charge is 2.35. The molecular weight excluding hydrogens is 370 g/mol. The number of ketones is 2. The molecule has 1 aliphatic carbocycles. The fourth-order valence-electron chi connectivity index (χ4n) is 3.51. The Kier molecular flexibility index (Phi) is 4.27. The third kappa shape index (κ3) is 2.80. The average Bonchev–Trinajstić information content (AvgIpc) is 2.73. The SMILES string of the molecule is COc1cc(Nc2ccccc2C(N)=O)c2c(c1N)C(=O)c1ccccc1C2=O. The number of hydrogen-bond acceptors (Lipinski definition) is 6. The third-order valence-corrected chi connectivity index (χ3v) is 4.88. The van der Waals surface area contributed by atoms with Gasteiger partial charge in [0.25, 0.3) is 5.91 Å². The average molecular weight is 387 g/mol. The number of carbonyl (C=O) groups excluding carboxylic acids is 3. The van der Waals surface area contributed by atoms with Gasteiger partial charge in [0.2, 0.25) is 0 Å². The van der Waals surface area contributed by atoms with E-state index >= 15 is 0 Å². The van der Waals surface area contributed by atoms with Crippen LogP contribution in [0.1, 0.15) is 42.2 Å². The molecule has 0 unspecified atom stereocenters. The van der Waals surface area contributed by atoms with Crippen LogP contribution in [0.4, 0.5) is 17.1 Å². The smallest absolute Gasteiger partial charge is 0.250 e. The van der Waals surface area contributed by atoms with E-state index in [0.717, 1.165) is 0 Å². The van der Waals surface area contributed by atoms with Crippen molar-refractivity contribution >= 4 is 34.5 Å². The number of methoxy groups -OCH3 is 1. The molecule has 7 nitrogen and oxygen atoms in total. The number of amides is 1. The van der Waals surface area contributed by atoms with Crippen LogP contribution >= 0.6 is 0 Å². The van der Waals surface area contributed by atoms with Gasteiger partial charge < -0.3 is 21.5 Å². The molecule has 7 heteroatoms. The molecule has 0 fully saturated rings. The van der Waals surface area contributed by atoms with E-state index in [2.05, 4.69) is 5.32 Å². The second kappa shape index (κ2) is 6.79. The number of carbonyl (C=O) groups is 3. The Bertz CT molecular complexity index is 1200. The predicted molar refractivity (Wildman–Crippen MR) is 109 cm³/mol. The zero-order chi connectivity index (χ0) is 20.7.